The van der Waals surface area contributed by atoms with Gasteiger partial charge >= 0.3 is 0 Å². The Bertz CT molecular complexity index is 2760. The fourth-order valence-corrected chi connectivity index (χ4v) is 7.55. The summed E-state index contributed by atoms with van der Waals surface area (Å²) in [6.07, 6.45) is 0. The van der Waals surface area contributed by atoms with Gasteiger partial charge in [-0.25, -0.2) is 0 Å². The quantitative estimate of drug-likeness (QED) is 0.185. The van der Waals surface area contributed by atoms with Crippen LogP contribution >= 0.6 is 0 Å². The Morgan fingerprint density at radius 2 is 0.833 bits per heavy atom. The van der Waals surface area contributed by atoms with Crippen LogP contribution in [-0.2, 0) is 0 Å². The van der Waals surface area contributed by atoms with Crippen LogP contribution in [0.25, 0.3) is 99.2 Å². The van der Waals surface area contributed by atoms with Crippen LogP contribution in [0, 0.1) is 0 Å². The van der Waals surface area contributed by atoms with Crippen molar-refractivity contribution >= 4 is 54.5 Å². The average molecular weight is 613 g/mol. The highest BCUT2D eigenvalue weighted by Crippen LogP contribution is 2.48. The minimum absolute atomic E-state index is 0.854. The van der Waals surface area contributed by atoms with Crippen LogP contribution in [0.4, 0.5) is 0 Å². The minimum Gasteiger partial charge on any atom is -0.456 e. The number of fused-ring (bicyclic) bond motifs is 6. The maximum atomic E-state index is 6.81. The maximum Gasteiger partial charge on any atom is 0.143 e. The van der Waals surface area contributed by atoms with Gasteiger partial charge in [0.1, 0.15) is 22.5 Å². The Kier molecular flexibility index (Phi) is 5.91. The molecule has 0 saturated carbocycles. The molecule has 0 radical (unpaired) electrons. The molecule has 0 fully saturated rings. The van der Waals surface area contributed by atoms with Crippen LogP contribution in [0.1, 0.15) is 0 Å². The van der Waals surface area contributed by atoms with E-state index in [9.17, 15) is 0 Å². The van der Waals surface area contributed by atoms with Crippen LogP contribution < -0.4 is 0 Å². The fourth-order valence-electron chi connectivity index (χ4n) is 7.55. The normalized spacial score (nSPS) is 11.8. The lowest BCUT2D eigenvalue weighted by molar-refractivity contribution is 0.631. The van der Waals surface area contributed by atoms with E-state index in [1.807, 2.05) is 18.2 Å². The average Bonchev–Trinajstić information content (AvgIpc) is 3.74. The van der Waals surface area contributed by atoms with Crippen LogP contribution in [0.2, 0.25) is 0 Å². The first-order valence-electron chi connectivity index (χ1n) is 16.3. The molecule has 0 aliphatic heterocycles. The van der Waals surface area contributed by atoms with Gasteiger partial charge in [0.2, 0.25) is 0 Å². The third-order valence-corrected chi connectivity index (χ3v) is 9.68. The molecular formula is C46H28O2. The molecule has 0 N–H and O–H groups in total. The first kappa shape index (κ1) is 26.8. The molecule has 0 atom stereocenters. The molecule has 2 heterocycles. The standard InChI is InChI=1S/C46H28O2/c1-3-14-29(15-4-1)32-18-7-8-19-33(32)44-34-20-9-11-22-36(34)45(37-23-12-10-21-35(37)44)39-25-13-24-38-40-28-42-31(27-43(40)48-46(38)39)26-41(47-42)30-16-5-2-6-17-30/h1-28H. The Morgan fingerprint density at radius 1 is 0.312 bits per heavy atom. The van der Waals surface area contributed by atoms with E-state index in [1.165, 1.54) is 49.4 Å². The molecule has 0 amide bonds. The Labute approximate surface area is 277 Å². The summed E-state index contributed by atoms with van der Waals surface area (Å²) < 4.78 is 13.2. The smallest absolute Gasteiger partial charge is 0.143 e. The molecule has 224 valence electrons. The lowest BCUT2D eigenvalue weighted by Gasteiger charge is -2.19. The molecule has 0 saturated heterocycles. The largest absolute Gasteiger partial charge is 0.456 e. The molecule has 8 aromatic carbocycles. The zero-order valence-corrected chi connectivity index (χ0v) is 26.0. The highest BCUT2D eigenvalue weighted by molar-refractivity contribution is 6.25. The lowest BCUT2D eigenvalue weighted by atomic mass is 9.83. The third kappa shape index (κ3) is 4.06. The van der Waals surface area contributed by atoms with E-state index in [4.69, 9.17) is 8.83 Å². The van der Waals surface area contributed by atoms with E-state index < -0.39 is 0 Å². The number of hydrogen-bond donors (Lipinski definition) is 0. The Morgan fingerprint density at radius 3 is 1.50 bits per heavy atom. The Balaban J connectivity index is 1.24. The number of rotatable bonds is 4. The second-order valence-corrected chi connectivity index (χ2v) is 12.4. The molecule has 0 spiro atoms. The van der Waals surface area contributed by atoms with Crippen molar-refractivity contribution < 1.29 is 8.83 Å². The van der Waals surface area contributed by atoms with Crippen molar-refractivity contribution in [3.8, 4) is 44.7 Å². The van der Waals surface area contributed by atoms with Gasteiger partial charge in [0.15, 0.2) is 0 Å². The van der Waals surface area contributed by atoms with Crippen molar-refractivity contribution in [3.05, 3.63) is 170 Å². The topological polar surface area (TPSA) is 26.3 Å². The molecule has 0 aliphatic carbocycles. The molecule has 2 heteroatoms. The van der Waals surface area contributed by atoms with Crippen molar-refractivity contribution in [1.82, 2.24) is 0 Å². The van der Waals surface area contributed by atoms with Gasteiger partial charge in [-0.2, -0.15) is 0 Å². The summed E-state index contributed by atoms with van der Waals surface area (Å²) in [6, 6.07) is 60.2. The molecule has 48 heavy (non-hydrogen) atoms. The van der Waals surface area contributed by atoms with Gasteiger partial charge < -0.3 is 8.83 Å². The highest BCUT2D eigenvalue weighted by atomic mass is 16.3. The summed E-state index contributed by atoms with van der Waals surface area (Å²) in [5.74, 6) is 0.857. The molecule has 10 aromatic rings. The number of hydrogen-bond acceptors (Lipinski definition) is 2. The monoisotopic (exact) mass is 612 g/mol. The summed E-state index contributed by atoms with van der Waals surface area (Å²) >= 11 is 0. The molecule has 10 rings (SSSR count). The van der Waals surface area contributed by atoms with Gasteiger partial charge in [0.05, 0.1) is 0 Å². The van der Waals surface area contributed by atoms with Crippen LogP contribution in [0.5, 0.6) is 0 Å². The SMILES string of the molecule is c1ccc(-c2cc3cc4oc5c(-c6c7ccccc7c(-c7ccccc7-c7ccccc7)c7ccccc67)cccc5c4cc3o2)cc1. The summed E-state index contributed by atoms with van der Waals surface area (Å²) in [6.45, 7) is 0. The Hall–Kier alpha value is -6.38. The molecule has 0 aliphatic rings. The predicted molar refractivity (Wildman–Crippen MR) is 200 cm³/mol. The van der Waals surface area contributed by atoms with Crippen molar-refractivity contribution in [2.24, 2.45) is 0 Å². The first-order chi connectivity index (χ1) is 23.8. The van der Waals surface area contributed by atoms with Crippen LogP contribution in [0.15, 0.2) is 179 Å². The van der Waals surface area contributed by atoms with Gasteiger partial charge in [-0.3, -0.25) is 0 Å². The van der Waals surface area contributed by atoms with E-state index in [2.05, 4.69) is 152 Å². The van der Waals surface area contributed by atoms with Gasteiger partial charge in [0.25, 0.3) is 0 Å². The summed E-state index contributed by atoms with van der Waals surface area (Å²) in [7, 11) is 0. The van der Waals surface area contributed by atoms with E-state index in [0.717, 1.165) is 49.8 Å². The van der Waals surface area contributed by atoms with Crippen molar-refractivity contribution in [1.29, 1.82) is 0 Å². The molecule has 0 unspecified atom stereocenters. The summed E-state index contributed by atoms with van der Waals surface area (Å²) in [5, 5.41) is 7.98. The van der Waals surface area contributed by atoms with Crippen LogP contribution in [-0.4, -0.2) is 0 Å². The van der Waals surface area contributed by atoms with Gasteiger partial charge in [-0.15, -0.1) is 0 Å². The second-order valence-electron chi connectivity index (χ2n) is 12.4. The molecular weight excluding hydrogens is 585 g/mol. The molecule has 2 nitrogen and oxygen atoms in total. The highest BCUT2D eigenvalue weighted by Gasteiger charge is 2.22. The number of para-hydroxylation sites is 1. The summed E-state index contributed by atoms with van der Waals surface area (Å²) in [5.41, 5.74) is 10.8. The van der Waals surface area contributed by atoms with Crippen molar-refractivity contribution in [2.75, 3.05) is 0 Å². The maximum absolute atomic E-state index is 6.81. The van der Waals surface area contributed by atoms with Gasteiger partial charge in [-0.05, 0) is 62.0 Å². The zero-order valence-electron chi connectivity index (χ0n) is 26.0. The molecule has 2 aromatic heterocycles. The minimum atomic E-state index is 0.854. The van der Waals surface area contributed by atoms with Gasteiger partial charge in [-0.1, -0.05) is 152 Å². The van der Waals surface area contributed by atoms with Crippen molar-refractivity contribution in [2.45, 2.75) is 0 Å². The number of furan rings is 2. The summed E-state index contributed by atoms with van der Waals surface area (Å²) in [4.78, 5) is 0. The van der Waals surface area contributed by atoms with E-state index in [1.54, 1.807) is 0 Å². The van der Waals surface area contributed by atoms with Crippen LogP contribution in [0.3, 0.4) is 0 Å². The first-order valence-corrected chi connectivity index (χ1v) is 16.3. The third-order valence-electron chi connectivity index (χ3n) is 9.68. The number of benzene rings is 8. The second kappa shape index (κ2) is 10.6. The van der Waals surface area contributed by atoms with Gasteiger partial charge in [0, 0.05) is 32.8 Å². The fraction of sp³-hybridized carbons (Fsp3) is 0. The van der Waals surface area contributed by atoms with E-state index in [0.29, 0.717) is 0 Å². The molecule has 0 bridgehead atoms. The van der Waals surface area contributed by atoms with Crippen molar-refractivity contribution in [3.63, 3.8) is 0 Å². The predicted octanol–water partition coefficient (Wildman–Crippen LogP) is 13.3. The lowest BCUT2D eigenvalue weighted by Crippen LogP contribution is -1.92. The van der Waals surface area contributed by atoms with E-state index in [-0.39, 0.29) is 0 Å². The zero-order chi connectivity index (χ0) is 31.6. The van der Waals surface area contributed by atoms with E-state index >= 15 is 0 Å².